The van der Waals surface area contributed by atoms with Crippen LogP contribution in [-0.2, 0) is 41.4 Å². The van der Waals surface area contributed by atoms with Crippen molar-refractivity contribution in [2.24, 2.45) is 0 Å². The van der Waals surface area contributed by atoms with E-state index in [1.807, 2.05) is 62.4 Å². The molecule has 0 aliphatic heterocycles. The van der Waals surface area contributed by atoms with E-state index in [0.29, 0.717) is 52.5 Å². The third-order valence-electron chi connectivity index (χ3n) is 8.82. The summed E-state index contributed by atoms with van der Waals surface area (Å²) >= 11 is 0. The summed E-state index contributed by atoms with van der Waals surface area (Å²) in [6, 6.07) is 32.6. The molecule has 0 heterocycles. The molecule has 4 aromatic rings. The Bertz CT molecular complexity index is 1650. The van der Waals surface area contributed by atoms with E-state index < -0.39 is 12.2 Å². The first kappa shape index (κ1) is 41.6. The topological polar surface area (TPSA) is 89.5 Å². The van der Waals surface area contributed by atoms with Crippen LogP contribution >= 0.6 is 0 Å². The Balaban J connectivity index is 1.24. The Morgan fingerprint density at radius 2 is 0.852 bits per heavy atom. The van der Waals surface area contributed by atoms with E-state index in [9.17, 15) is 9.59 Å². The molecule has 0 aliphatic carbocycles. The molecule has 0 saturated carbocycles. The Morgan fingerprint density at radius 1 is 0.500 bits per heavy atom. The Labute approximate surface area is 320 Å². The molecule has 0 aromatic heterocycles. The van der Waals surface area contributed by atoms with Crippen molar-refractivity contribution in [3.05, 3.63) is 131 Å². The van der Waals surface area contributed by atoms with Gasteiger partial charge in [-0.15, -0.1) is 0 Å². The lowest BCUT2D eigenvalue weighted by Gasteiger charge is -2.15. The minimum atomic E-state index is -0.610. The van der Waals surface area contributed by atoms with Crippen LogP contribution in [0.15, 0.2) is 109 Å². The number of ether oxygens (including phenoxy) is 6. The number of esters is 2. The average molecular weight is 735 g/mol. The van der Waals surface area contributed by atoms with E-state index in [2.05, 4.69) is 74.5 Å². The standard InChI is InChI=1S/C46H54O8/c1-7-49-43(45(47)51-9-3)31-35-11-23-41(24-12-35)53-29-27-33(5)37-15-19-39(20-16-37)40-21-17-38(18-22-40)34(6)28-30-54-42-25-13-36(14-26-42)32-44(50-8-2)46(48)52-10-4/h11-28,43-44H,7-10,29-32H2,1-6H3/b33-27+,34-28+/t43-,44-/m0/s1. The predicted molar refractivity (Wildman–Crippen MR) is 215 cm³/mol. The van der Waals surface area contributed by atoms with E-state index in [0.717, 1.165) is 56.0 Å². The summed E-state index contributed by atoms with van der Waals surface area (Å²) in [5.41, 5.74) is 8.78. The van der Waals surface area contributed by atoms with Crippen molar-refractivity contribution in [3.8, 4) is 22.6 Å². The highest BCUT2D eigenvalue weighted by atomic mass is 16.6. The number of carbonyl (C=O) groups is 2. The van der Waals surface area contributed by atoms with Gasteiger partial charge in [0.05, 0.1) is 13.2 Å². The number of rotatable bonds is 21. The maximum Gasteiger partial charge on any atom is 0.335 e. The molecule has 286 valence electrons. The molecule has 54 heavy (non-hydrogen) atoms. The fourth-order valence-electron chi connectivity index (χ4n) is 5.78. The SMILES string of the molecule is CCOC(=O)[C@H](Cc1ccc(OC/C=C(\C)c2ccc(-c3ccc(/C(C)=C/COc4ccc(C[C@H](OCC)C(=O)OCC)cc4)cc3)cc2)cc1)OCC. The first-order valence-electron chi connectivity index (χ1n) is 18.8. The number of benzene rings is 4. The first-order chi connectivity index (χ1) is 26.2. The summed E-state index contributed by atoms with van der Waals surface area (Å²) in [5, 5.41) is 0. The van der Waals surface area contributed by atoms with Crippen molar-refractivity contribution in [1.29, 1.82) is 0 Å². The molecule has 0 saturated heterocycles. The second-order valence-electron chi connectivity index (χ2n) is 12.6. The Morgan fingerprint density at radius 3 is 1.17 bits per heavy atom. The van der Waals surface area contributed by atoms with Crippen LogP contribution in [0.5, 0.6) is 11.5 Å². The minimum Gasteiger partial charge on any atom is -0.490 e. The second kappa shape index (κ2) is 22.1. The van der Waals surface area contributed by atoms with Crippen LogP contribution in [-0.4, -0.2) is 63.8 Å². The van der Waals surface area contributed by atoms with Gasteiger partial charge in [-0.2, -0.15) is 0 Å². The second-order valence-corrected chi connectivity index (χ2v) is 12.6. The largest absolute Gasteiger partial charge is 0.490 e. The molecule has 0 radical (unpaired) electrons. The highest BCUT2D eigenvalue weighted by Gasteiger charge is 2.21. The summed E-state index contributed by atoms with van der Waals surface area (Å²) in [7, 11) is 0. The molecule has 0 N–H and O–H groups in total. The van der Waals surface area contributed by atoms with Crippen molar-refractivity contribution in [2.45, 2.75) is 66.6 Å². The summed E-state index contributed by atoms with van der Waals surface area (Å²) < 4.78 is 33.4. The molecule has 0 unspecified atom stereocenters. The lowest BCUT2D eigenvalue weighted by molar-refractivity contribution is -0.157. The van der Waals surface area contributed by atoms with Crippen LogP contribution in [0.2, 0.25) is 0 Å². The van der Waals surface area contributed by atoms with Gasteiger partial charge < -0.3 is 28.4 Å². The predicted octanol–water partition coefficient (Wildman–Crippen LogP) is 9.34. The van der Waals surface area contributed by atoms with Crippen LogP contribution in [0, 0.1) is 0 Å². The van der Waals surface area contributed by atoms with E-state index in [-0.39, 0.29) is 11.9 Å². The summed E-state index contributed by atoms with van der Waals surface area (Å²) in [6.07, 6.45) is 3.83. The van der Waals surface area contributed by atoms with Crippen molar-refractivity contribution in [1.82, 2.24) is 0 Å². The first-order valence-corrected chi connectivity index (χ1v) is 18.8. The monoisotopic (exact) mass is 734 g/mol. The van der Waals surface area contributed by atoms with Gasteiger partial charge in [0.1, 0.15) is 24.7 Å². The molecule has 0 amide bonds. The zero-order valence-electron chi connectivity index (χ0n) is 32.5. The molecule has 4 aromatic carbocycles. The van der Waals surface area contributed by atoms with E-state index in [4.69, 9.17) is 28.4 Å². The lowest BCUT2D eigenvalue weighted by atomic mass is 9.98. The average Bonchev–Trinajstić information content (AvgIpc) is 3.19. The normalized spacial score (nSPS) is 12.9. The summed E-state index contributed by atoms with van der Waals surface area (Å²) in [6.45, 7) is 13.9. The van der Waals surface area contributed by atoms with Gasteiger partial charge in [-0.25, -0.2) is 9.59 Å². The number of allylic oxidation sites excluding steroid dienone is 2. The van der Waals surface area contributed by atoms with Gasteiger partial charge in [-0.05, 0) is 122 Å². The van der Waals surface area contributed by atoms with E-state index >= 15 is 0 Å². The highest BCUT2D eigenvalue weighted by molar-refractivity contribution is 5.76. The van der Waals surface area contributed by atoms with Gasteiger partial charge in [-0.1, -0.05) is 72.8 Å². The van der Waals surface area contributed by atoms with Gasteiger partial charge >= 0.3 is 11.9 Å². The molecular formula is C46H54O8. The van der Waals surface area contributed by atoms with Crippen LogP contribution in [0.25, 0.3) is 22.3 Å². The molecule has 0 spiro atoms. The van der Waals surface area contributed by atoms with Crippen molar-refractivity contribution >= 4 is 23.1 Å². The molecule has 0 aliphatic rings. The number of carbonyl (C=O) groups excluding carboxylic acids is 2. The summed E-state index contributed by atoms with van der Waals surface area (Å²) in [5.74, 6) is 0.844. The van der Waals surface area contributed by atoms with Crippen LogP contribution in [0.1, 0.15) is 63.8 Å². The van der Waals surface area contributed by atoms with Crippen molar-refractivity contribution in [3.63, 3.8) is 0 Å². The Hall–Kier alpha value is -5.18. The molecule has 2 atom stereocenters. The lowest BCUT2D eigenvalue weighted by Crippen LogP contribution is -2.28. The molecule has 4 rings (SSSR count). The third-order valence-corrected chi connectivity index (χ3v) is 8.82. The molecule has 0 bridgehead atoms. The molecule has 8 nitrogen and oxygen atoms in total. The van der Waals surface area contributed by atoms with Crippen molar-refractivity contribution < 1.29 is 38.0 Å². The van der Waals surface area contributed by atoms with Gasteiger partial charge in [0, 0.05) is 26.1 Å². The highest BCUT2D eigenvalue weighted by Crippen LogP contribution is 2.25. The summed E-state index contributed by atoms with van der Waals surface area (Å²) in [4.78, 5) is 24.4. The van der Waals surface area contributed by atoms with Gasteiger partial charge in [-0.3, -0.25) is 0 Å². The fraction of sp³-hybridized carbons (Fsp3) is 0.348. The minimum absolute atomic E-state index is 0.329. The number of hydrogen-bond donors (Lipinski definition) is 0. The Kier molecular flexibility index (Phi) is 17.0. The van der Waals surface area contributed by atoms with Crippen LogP contribution in [0.4, 0.5) is 0 Å². The smallest absolute Gasteiger partial charge is 0.335 e. The fourth-order valence-corrected chi connectivity index (χ4v) is 5.78. The maximum atomic E-state index is 12.2. The van der Waals surface area contributed by atoms with Crippen LogP contribution < -0.4 is 9.47 Å². The molecular weight excluding hydrogens is 680 g/mol. The van der Waals surface area contributed by atoms with E-state index in [1.54, 1.807) is 13.8 Å². The molecule has 0 fully saturated rings. The molecule has 8 heteroatoms. The van der Waals surface area contributed by atoms with Crippen LogP contribution in [0.3, 0.4) is 0 Å². The quantitative estimate of drug-likeness (QED) is 0.0783. The third kappa shape index (κ3) is 13.0. The van der Waals surface area contributed by atoms with Gasteiger partial charge in [0.15, 0.2) is 12.2 Å². The zero-order chi connectivity index (χ0) is 38.7. The zero-order valence-corrected chi connectivity index (χ0v) is 32.5. The van der Waals surface area contributed by atoms with E-state index in [1.165, 1.54) is 0 Å². The van der Waals surface area contributed by atoms with Gasteiger partial charge in [0.25, 0.3) is 0 Å². The van der Waals surface area contributed by atoms with Crippen molar-refractivity contribution in [2.75, 3.05) is 39.6 Å². The van der Waals surface area contributed by atoms with Gasteiger partial charge in [0.2, 0.25) is 0 Å². The maximum absolute atomic E-state index is 12.2. The number of hydrogen-bond acceptors (Lipinski definition) is 8.